The van der Waals surface area contributed by atoms with E-state index in [2.05, 4.69) is 26.0 Å². The van der Waals surface area contributed by atoms with E-state index in [0.29, 0.717) is 0 Å². The van der Waals surface area contributed by atoms with E-state index < -0.39 is 0 Å². The number of rotatable bonds is 1. The second-order valence-electron chi connectivity index (χ2n) is 3.03. The van der Waals surface area contributed by atoms with Gasteiger partial charge < -0.3 is 10.5 Å². The molecule has 0 aromatic heterocycles. The maximum Gasteiger partial charge on any atom is 0.0895 e. The van der Waals surface area contributed by atoms with Crippen LogP contribution in [0.25, 0.3) is 0 Å². The Hall–Kier alpha value is 0.610. The topological polar surface area (TPSA) is 38.5 Å². The lowest BCUT2D eigenvalue weighted by Gasteiger charge is -2.23. The summed E-state index contributed by atoms with van der Waals surface area (Å²) in [6.45, 7) is 3.87. The Morgan fingerprint density at radius 1 is 1.80 bits per heavy atom. The molecule has 60 valence electrons. The second kappa shape index (κ2) is 2.92. The highest BCUT2D eigenvalue weighted by atomic mass is 127. The molecule has 1 aliphatic heterocycles. The molecule has 1 rings (SSSR count). The summed E-state index contributed by atoms with van der Waals surface area (Å²) in [5.74, 6) is 0. The van der Waals surface area contributed by atoms with Gasteiger partial charge in [0.15, 0.2) is 0 Å². The Labute approximate surface area is 75.4 Å². The zero-order valence-electron chi connectivity index (χ0n) is 6.30. The predicted molar refractivity (Wildman–Crippen MR) is 49.0 cm³/mol. The summed E-state index contributed by atoms with van der Waals surface area (Å²) in [6, 6.07) is 0. The van der Waals surface area contributed by atoms with Crippen molar-refractivity contribution < 1.29 is 4.74 Å². The molecule has 0 aliphatic carbocycles. The zero-order valence-corrected chi connectivity index (χ0v) is 8.46. The normalized spacial score (nSPS) is 42.6. The van der Waals surface area contributed by atoms with Crippen LogP contribution in [0.15, 0.2) is 0 Å². The number of methoxy groups -OCH3 is 1. The molecular weight excluding hydrogens is 243 g/mol. The van der Waals surface area contributed by atoms with Gasteiger partial charge in [0, 0.05) is 43.1 Å². The molecule has 0 saturated carbocycles. The Bertz CT molecular complexity index is 129. The van der Waals surface area contributed by atoms with Gasteiger partial charge in [0.25, 0.3) is 0 Å². The smallest absolute Gasteiger partial charge is 0.0895 e. The average molecular weight is 256 g/mol. The van der Waals surface area contributed by atoms with Gasteiger partial charge in [0.1, 0.15) is 0 Å². The van der Waals surface area contributed by atoms with Crippen molar-refractivity contribution in [2.45, 2.75) is 18.6 Å². The lowest BCUT2D eigenvalue weighted by Crippen LogP contribution is -2.48. The number of hydrogen-bond acceptors (Lipinski definition) is 3. The fourth-order valence-electron chi connectivity index (χ4n) is 1.27. The van der Waals surface area contributed by atoms with Gasteiger partial charge in [-0.1, -0.05) is 0 Å². The first-order valence-corrected chi connectivity index (χ1v) is 4.25. The highest BCUT2D eigenvalue weighted by Crippen LogP contribution is 2.23. The van der Waals surface area contributed by atoms with Crippen molar-refractivity contribution in [2.75, 3.05) is 20.2 Å². The summed E-state index contributed by atoms with van der Waals surface area (Å²) in [7, 11) is 1.71. The SMILES string of the molecule is COC1CN(I)CC1(C)N. The maximum atomic E-state index is 5.95. The highest BCUT2D eigenvalue weighted by molar-refractivity contribution is 14.1. The van der Waals surface area contributed by atoms with E-state index in [1.54, 1.807) is 7.11 Å². The summed E-state index contributed by atoms with van der Waals surface area (Å²) >= 11 is 2.27. The molecule has 4 heteroatoms. The first-order valence-electron chi connectivity index (χ1n) is 3.28. The Morgan fingerprint density at radius 2 is 2.40 bits per heavy atom. The predicted octanol–water partition coefficient (Wildman–Crippen LogP) is 0.384. The van der Waals surface area contributed by atoms with E-state index in [-0.39, 0.29) is 11.6 Å². The Morgan fingerprint density at radius 3 is 2.60 bits per heavy atom. The van der Waals surface area contributed by atoms with Crippen LogP contribution in [0.2, 0.25) is 0 Å². The van der Waals surface area contributed by atoms with Crippen LogP contribution in [0.5, 0.6) is 0 Å². The van der Waals surface area contributed by atoms with Gasteiger partial charge in [0.2, 0.25) is 0 Å². The van der Waals surface area contributed by atoms with Gasteiger partial charge in [-0.05, 0) is 6.92 Å². The third-order valence-corrected chi connectivity index (χ3v) is 2.63. The van der Waals surface area contributed by atoms with Crippen LogP contribution in [0.3, 0.4) is 0 Å². The fraction of sp³-hybridized carbons (Fsp3) is 1.00. The van der Waals surface area contributed by atoms with Crippen molar-refractivity contribution >= 4 is 22.9 Å². The quantitative estimate of drug-likeness (QED) is 0.544. The van der Waals surface area contributed by atoms with Crippen LogP contribution in [0, 0.1) is 0 Å². The molecule has 0 spiro atoms. The minimum absolute atomic E-state index is 0.171. The van der Waals surface area contributed by atoms with Gasteiger partial charge in [0.05, 0.1) is 11.6 Å². The molecule has 0 amide bonds. The molecule has 0 aromatic carbocycles. The van der Waals surface area contributed by atoms with Crippen molar-refractivity contribution in [2.24, 2.45) is 5.73 Å². The summed E-state index contributed by atoms with van der Waals surface area (Å²) in [5, 5.41) is 0. The van der Waals surface area contributed by atoms with Gasteiger partial charge >= 0.3 is 0 Å². The van der Waals surface area contributed by atoms with Crippen LogP contribution in [-0.4, -0.2) is 35.0 Å². The minimum atomic E-state index is -0.171. The molecule has 2 unspecified atom stereocenters. The number of ether oxygens (including phenoxy) is 1. The molecule has 2 N–H and O–H groups in total. The van der Waals surface area contributed by atoms with Crippen molar-refractivity contribution in [1.82, 2.24) is 3.11 Å². The van der Waals surface area contributed by atoms with Gasteiger partial charge in [-0.2, -0.15) is 0 Å². The summed E-state index contributed by atoms with van der Waals surface area (Å²) < 4.78 is 7.38. The molecule has 0 bridgehead atoms. The standard InChI is InChI=1S/C6H13IN2O/c1-6(8)4-9(7)3-5(6)10-2/h5H,3-4,8H2,1-2H3. The lowest BCUT2D eigenvalue weighted by atomic mass is 10.0. The molecule has 1 aliphatic rings. The number of halogens is 1. The molecule has 3 nitrogen and oxygen atoms in total. The average Bonchev–Trinajstić information content (AvgIpc) is 2.04. The molecular formula is C6H13IN2O. The second-order valence-corrected chi connectivity index (χ2v) is 4.40. The van der Waals surface area contributed by atoms with E-state index in [1.165, 1.54) is 0 Å². The summed E-state index contributed by atoms with van der Waals surface area (Å²) in [4.78, 5) is 0. The lowest BCUT2D eigenvalue weighted by molar-refractivity contribution is 0.0737. The van der Waals surface area contributed by atoms with Crippen LogP contribution in [0.1, 0.15) is 6.92 Å². The van der Waals surface area contributed by atoms with E-state index in [0.717, 1.165) is 13.1 Å². The van der Waals surface area contributed by atoms with Crippen molar-refractivity contribution in [3.05, 3.63) is 0 Å². The first kappa shape index (κ1) is 8.70. The number of nitrogens with two attached hydrogens (primary N) is 1. The molecule has 0 radical (unpaired) electrons. The first-order chi connectivity index (χ1) is 4.56. The van der Waals surface area contributed by atoms with E-state index >= 15 is 0 Å². The Balaban J connectivity index is 2.58. The molecule has 1 saturated heterocycles. The van der Waals surface area contributed by atoms with Crippen molar-refractivity contribution in [1.29, 1.82) is 0 Å². The van der Waals surface area contributed by atoms with Crippen LogP contribution < -0.4 is 5.73 Å². The molecule has 1 heterocycles. The van der Waals surface area contributed by atoms with Crippen LogP contribution in [0.4, 0.5) is 0 Å². The maximum absolute atomic E-state index is 5.95. The minimum Gasteiger partial charge on any atom is -0.378 e. The fourth-order valence-corrected chi connectivity index (χ4v) is 2.36. The van der Waals surface area contributed by atoms with Crippen LogP contribution >= 0.6 is 22.9 Å². The Kier molecular flexibility index (Phi) is 2.54. The van der Waals surface area contributed by atoms with Gasteiger partial charge in [-0.3, -0.25) is 0 Å². The monoisotopic (exact) mass is 256 g/mol. The van der Waals surface area contributed by atoms with Crippen molar-refractivity contribution in [3.63, 3.8) is 0 Å². The number of nitrogens with zero attached hydrogens (tertiary/aromatic N) is 1. The van der Waals surface area contributed by atoms with E-state index in [9.17, 15) is 0 Å². The molecule has 2 atom stereocenters. The molecule has 1 fully saturated rings. The summed E-state index contributed by atoms with van der Waals surface area (Å²) in [5.41, 5.74) is 5.78. The molecule has 0 aromatic rings. The molecule has 10 heavy (non-hydrogen) atoms. The van der Waals surface area contributed by atoms with Crippen molar-refractivity contribution in [3.8, 4) is 0 Å². The van der Waals surface area contributed by atoms with Crippen LogP contribution in [-0.2, 0) is 4.74 Å². The largest absolute Gasteiger partial charge is 0.378 e. The highest BCUT2D eigenvalue weighted by Gasteiger charge is 2.39. The van der Waals surface area contributed by atoms with E-state index in [1.807, 2.05) is 6.92 Å². The van der Waals surface area contributed by atoms with E-state index in [4.69, 9.17) is 10.5 Å². The summed E-state index contributed by atoms with van der Waals surface area (Å²) in [6.07, 6.45) is 0.185. The third-order valence-electron chi connectivity index (χ3n) is 1.90. The zero-order chi connectivity index (χ0) is 7.78. The number of hydrogen-bond donors (Lipinski definition) is 1. The van der Waals surface area contributed by atoms with Gasteiger partial charge in [-0.25, -0.2) is 3.11 Å². The van der Waals surface area contributed by atoms with Gasteiger partial charge in [-0.15, -0.1) is 0 Å². The third kappa shape index (κ3) is 1.61.